The van der Waals surface area contributed by atoms with Gasteiger partial charge in [0, 0.05) is 5.69 Å². The van der Waals surface area contributed by atoms with Gasteiger partial charge in [0.05, 0.1) is 7.11 Å². The number of carboxylic acid groups (broad SMARTS) is 1. The van der Waals surface area contributed by atoms with Gasteiger partial charge in [0.15, 0.2) is 6.61 Å². The predicted molar refractivity (Wildman–Crippen MR) is 55.3 cm³/mol. The van der Waals surface area contributed by atoms with E-state index < -0.39 is 11.9 Å². The normalized spacial score (nSPS) is 9.56. The van der Waals surface area contributed by atoms with Gasteiger partial charge in [-0.15, -0.1) is 0 Å². The number of nitrogen functional groups attached to an aromatic ring is 1. The maximum absolute atomic E-state index is 10.9. The van der Waals surface area contributed by atoms with Crippen molar-refractivity contribution in [3.63, 3.8) is 0 Å². The fourth-order valence-corrected chi connectivity index (χ4v) is 1.09. The number of esters is 1. The molecule has 3 N–H and O–H groups in total. The Labute approximate surface area is 91.6 Å². The molecular weight excluding hydrogens is 214 g/mol. The summed E-state index contributed by atoms with van der Waals surface area (Å²) >= 11 is 0. The summed E-state index contributed by atoms with van der Waals surface area (Å²) in [6.07, 6.45) is 0. The SMILES string of the molecule is COC(=O)COc1cccc(N)c1C(=O)O. The summed E-state index contributed by atoms with van der Waals surface area (Å²) in [6, 6.07) is 4.39. The molecule has 0 heterocycles. The lowest BCUT2D eigenvalue weighted by Crippen LogP contribution is -2.15. The molecule has 6 heteroatoms. The van der Waals surface area contributed by atoms with Gasteiger partial charge in [-0.3, -0.25) is 0 Å². The lowest BCUT2D eigenvalue weighted by Gasteiger charge is -2.09. The molecule has 1 aromatic rings. The van der Waals surface area contributed by atoms with Crippen LogP contribution >= 0.6 is 0 Å². The second-order valence-electron chi connectivity index (χ2n) is 2.89. The van der Waals surface area contributed by atoms with Gasteiger partial charge in [0.2, 0.25) is 0 Å². The highest BCUT2D eigenvalue weighted by Crippen LogP contribution is 2.24. The number of carboxylic acids is 1. The number of methoxy groups -OCH3 is 1. The molecule has 0 aliphatic rings. The average Bonchev–Trinajstić information content (AvgIpc) is 2.25. The van der Waals surface area contributed by atoms with Gasteiger partial charge in [0.1, 0.15) is 11.3 Å². The number of carbonyl (C=O) groups excluding carboxylic acids is 1. The number of benzene rings is 1. The van der Waals surface area contributed by atoms with Crippen LogP contribution in [0.1, 0.15) is 10.4 Å². The Morgan fingerprint density at radius 2 is 2.12 bits per heavy atom. The van der Waals surface area contributed by atoms with Crippen LogP contribution < -0.4 is 10.5 Å². The highest BCUT2D eigenvalue weighted by Gasteiger charge is 2.15. The highest BCUT2D eigenvalue weighted by molar-refractivity contribution is 5.96. The van der Waals surface area contributed by atoms with E-state index >= 15 is 0 Å². The molecule has 16 heavy (non-hydrogen) atoms. The van der Waals surface area contributed by atoms with Crippen LogP contribution in [0.3, 0.4) is 0 Å². The molecule has 1 aromatic carbocycles. The standard InChI is InChI=1S/C10H11NO5/c1-15-8(12)5-16-7-4-2-3-6(11)9(7)10(13)14/h2-4H,5,11H2,1H3,(H,13,14). The van der Waals surface area contributed by atoms with E-state index in [4.69, 9.17) is 15.6 Å². The Morgan fingerprint density at radius 1 is 1.44 bits per heavy atom. The summed E-state index contributed by atoms with van der Waals surface area (Å²) in [5, 5.41) is 8.89. The molecule has 1 rings (SSSR count). The molecule has 0 aliphatic heterocycles. The number of hydrogen-bond acceptors (Lipinski definition) is 5. The van der Waals surface area contributed by atoms with Crippen molar-refractivity contribution in [3.8, 4) is 5.75 Å². The van der Waals surface area contributed by atoms with Crippen molar-refractivity contribution in [1.29, 1.82) is 0 Å². The lowest BCUT2D eigenvalue weighted by atomic mass is 10.1. The van der Waals surface area contributed by atoms with Gasteiger partial charge in [-0.25, -0.2) is 9.59 Å². The molecule has 0 aliphatic carbocycles. The summed E-state index contributed by atoms with van der Waals surface area (Å²) in [7, 11) is 1.21. The van der Waals surface area contributed by atoms with E-state index in [-0.39, 0.29) is 23.6 Å². The molecule has 0 atom stereocenters. The van der Waals surface area contributed by atoms with Crippen molar-refractivity contribution < 1.29 is 24.2 Å². The van der Waals surface area contributed by atoms with Crippen LogP contribution in [0.2, 0.25) is 0 Å². The Bertz CT molecular complexity index is 416. The van der Waals surface area contributed by atoms with Gasteiger partial charge in [0.25, 0.3) is 0 Å². The topological polar surface area (TPSA) is 98.9 Å². The lowest BCUT2D eigenvalue weighted by molar-refractivity contribution is -0.142. The van der Waals surface area contributed by atoms with Crippen molar-refractivity contribution >= 4 is 17.6 Å². The van der Waals surface area contributed by atoms with Crippen LogP contribution in [0.25, 0.3) is 0 Å². The molecule has 0 radical (unpaired) electrons. The minimum absolute atomic E-state index is 0.0397. The molecule has 0 aromatic heterocycles. The maximum atomic E-state index is 10.9. The summed E-state index contributed by atoms with van der Waals surface area (Å²) in [5.74, 6) is -1.77. The van der Waals surface area contributed by atoms with Crippen molar-refractivity contribution in [3.05, 3.63) is 23.8 Å². The van der Waals surface area contributed by atoms with Gasteiger partial charge in [-0.05, 0) is 12.1 Å². The summed E-state index contributed by atoms with van der Waals surface area (Å²) < 4.78 is 9.36. The molecular formula is C10H11NO5. The second kappa shape index (κ2) is 5.01. The second-order valence-corrected chi connectivity index (χ2v) is 2.89. The highest BCUT2D eigenvalue weighted by atomic mass is 16.6. The van der Waals surface area contributed by atoms with Crippen molar-refractivity contribution in [2.75, 3.05) is 19.5 Å². The Kier molecular flexibility index (Phi) is 3.71. The molecule has 86 valence electrons. The van der Waals surface area contributed by atoms with E-state index in [9.17, 15) is 9.59 Å². The Balaban J connectivity index is 2.91. The molecule has 0 fully saturated rings. The van der Waals surface area contributed by atoms with Crippen LogP contribution in [0.4, 0.5) is 5.69 Å². The van der Waals surface area contributed by atoms with Crippen LogP contribution in [0, 0.1) is 0 Å². The third kappa shape index (κ3) is 2.63. The van der Waals surface area contributed by atoms with E-state index in [1.54, 1.807) is 0 Å². The van der Waals surface area contributed by atoms with Crippen molar-refractivity contribution in [1.82, 2.24) is 0 Å². The number of aromatic carboxylic acids is 1. The summed E-state index contributed by atoms with van der Waals surface area (Å²) in [5.41, 5.74) is 5.40. The predicted octanol–water partition coefficient (Wildman–Crippen LogP) is 0.519. The van der Waals surface area contributed by atoms with Crippen LogP contribution in [0.5, 0.6) is 5.75 Å². The third-order valence-electron chi connectivity index (χ3n) is 1.85. The van der Waals surface area contributed by atoms with E-state index in [1.165, 1.54) is 25.3 Å². The van der Waals surface area contributed by atoms with Gasteiger partial charge in [-0.2, -0.15) is 0 Å². The monoisotopic (exact) mass is 225 g/mol. The van der Waals surface area contributed by atoms with Crippen LogP contribution in [0.15, 0.2) is 18.2 Å². The average molecular weight is 225 g/mol. The zero-order chi connectivity index (χ0) is 12.1. The minimum Gasteiger partial charge on any atom is -0.481 e. The van der Waals surface area contributed by atoms with Crippen molar-refractivity contribution in [2.45, 2.75) is 0 Å². The zero-order valence-corrected chi connectivity index (χ0v) is 8.60. The number of anilines is 1. The Hall–Kier alpha value is -2.24. The Morgan fingerprint density at radius 3 is 2.69 bits per heavy atom. The van der Waals surface area contributed by atoms with Crippen LogP contribution in [-0.4, -0.2) is 30.8 Å². The molecule has 0 bridgehead atoms. The fraction of sp³-hybridized carbons (Fsp3) is 0.200. The third-order valence-corrected chi connectivity index (χ3v) is 1.85. The first-order valence-electron chi connectivity index (χ1n) is 4.37. The minimum atomic E-state index is -1.21. The quantitative estimate of drug-likeness (QED) is 0.572. The molecule has 0 saturated carbocycles. The first-order chi connectivity index (χ1) is 7.56. The largest absolute Gasteiger partial charge is 0.481 e. The molecule has 0 unspecified atom stereocenters. The summed E-state index contributed by atoms with van der Waals surface area (Å²) in [4.78, 5) is 21.7. The van der Waals surface area contributed by atoms with Gasteiger partial charge >= 0.3 is 11.9 Å². The number of rotatable bonds is 4. The number of nitrogens with two attached hydrogens (primary N) is 1. The molecule has 0 amide bonds. The summed E-state index contributed by atoms with van der Waals surface area (Å²) in [6.45, 7) is -0.361. The van der Waals surface area contributed by atoms with E-state index in [0.717, 1.165) is 0 Å². The molecule has 0 saturated heterocycles. The van der Waals surface area contributed by atoms with Crippen molar-refractivity contribution in [2.24, 2.45) is 0 Å². The van der Waals surface area contributed by atoms with Gasteiger partial charge < -0.3 is 20.3 Å². The first-order valence-corrected chi connectivity index (χ1v) is 4.37. The van der Waals surface area contributed by atoms with E-state index in [0.29, 0.717) is 0 Å². The number of carbonyl (C=O) groups is 2. The number of ether oxygens (including phenoxy) is 2. The zero-order valence-electron chi connectivity index (χ0n) is 8.60. The van der Waals surface area contributed by atoms with E-state index in [1.807, 2.05) is 0 Å². The first kappa shape index (κ1) is 11.8. The number of hydrogen-bond donors (Lipinski definition) is 2. The molecule has 0 spiro atoms. The van der Waals surface area contributed by atoms with Gasteiger partial charge in [-0.1, -0.05) is 6.07 Å². The van der Waals surface area contributed by atoms with E-state index in [2.05, 4.69) is 4.74 Å². The maximum Gasteiger partial charge on any atom is 0.343 e. The fourth-order valence-electron chi connectivity index (χ4n) is 1.09. The van der Waals surface area contributed by atoms with Crippen LogP contribution in [-0.2, 0) is 9.53 Å². The molecule has 6 nitrogen and oxygen atoms in total. The smallest absolute Gasteiger partial charge is 0.343 e.